The molecule has 0 saturated heterocycles. The first kappa shape index (κ1) is 13.0. The Kier molecular flexibility index (Phi) is 7.93. The van der Waals surface area contributed by atoms with Crippen LogP contribution in [0.3, 0.4) is 0 Å². The molecule has 0 aromatic rings. The van der Waals surface area contributed by atoms with Gasteiger partial charge in [-0.15, -0.1) is 0 Å². The van der Waals surface area contributed by atoms with Gasteiger partial charge in [-0.2, -0.15) is 0 Å². The lowest BCUT2D eigenvalue weighted by molar-refractivity contribution is -0.131. The van der Waals surface area contributed by atoms with Gasteiger partial charge in [0.2, 0.25) is 0 Å². The molecular formula is C10H19NO3. The first-order chi connectivity index (χ1) is 6.63. The van der Waals surface area contributed by atoms with E-state index in [-0.39, 0.29) is 0 Å². The van der Waals surface area contributed by atoms with Crippen LogP contribution >= 0.6 is 0 Å². The fourth-order valence-corrected chi connectivity index (χ4v) is 0.809. The Morgan fingerprint density at radius 1 is 1.57 bits per heavy atom. The summed E-state index contributed by atoms with van der Waals surface area (Å²) in [6.07, 6.45) is 3.40. The highest BCUT2D eigenvalue weighted by atomic mass is 16.5. The van der Waals surface area contributed by atoms with Crippen molar-refractivity contribution in [2.45, 2.75) is 20.3 Å². The van der Waals surface area contributed by atoms with Crippen LogP contribution in [0.25, 0.3) is 0 Å². The minimum atomic E-state index is -0.937. The lowest BCUT2D eigenvalue weighted by Crippen LogP contribution is -2.12. The molecule has 0 saturated carbocycles. The summed E-state index contributed by atoms with van der Waals surface area (Å²) in [6.45, 7) is 6.45. The predicted octanol–water partition coefficient (Wildman–Crippen LogP) is 1.24. The molecule has 2 N–H and O–H groups in total. The van der Waals surface area contributed by atoms with Crippen LogP contribution in [0.1, 0.15) is 20.3 Å². The fraction of sp³-hybridized carbons (Fsp3) is 0.700. The molecule has 0 radical (unpaired) electrons. The van der Waals surface area contributed by atoms with Gasteiger partial charge in [0.05, 0.1) is 0 Å². The van der Waals surface area contributed by atoms with Crippen molar-refractivity contribution in [2.24, 2.45) is 5.92 Å². The third-order valence-corrected chi connectivity index (χ3v) is 1.40. The second kappa shape index (κ2) is 8.56. The van der Waals surface area contributed by atoms with Gasteiger partial charge in [0.1, 0.15) is 0 Å². The Balaban J connectivity index is 3.10. The summed E-state index contributed by atoms with van der Waals surface area (Å²) in [5.74, 6) is -0.372. The van der Waals surface area contributed by atoms with Crippen LogP contribution in [0.2, 0.25) is 0 Å². The minimum Gasteiger partial charge on any atom is -0.478 e. The number of carbonyl (C=O) groups is 1. The van der Waals surface area contributed by atoms with Crippen LogP contribution in [-0.2, 0) is 9.53 Å². The summed E-state index contributed by atoms with van der Waals surface area (Å²) in [7, 11) is 0. The highest BCUT2D eigenvalue weighted by Crippen LogP contribution is 1.92. The van der Waals surface area contributed by atoms with Crippen LogP contribution in [-0.4, -0.2) is 30.8 Å². The summed E-state index contributed by atoms with van der Waals surface area (Å²) in [4.78, 5) is 10.1. The number of hydrogen-bond donors (Lipinski definition) is 2. The molecule has 0 amide bonds. The molecule has 4 nitrogen and oxygen atoms in total. The molecule has 0 atom stereocenters. The van der Waals surface area contributed by atoms with Crippen LogP contribution < -0.4 is 5.32 Å². The number of rotatable bonds is 8. The zero-order chi connectivity index (χ0) is 10.8. The van der Waals surface area contributed by atoms with E-state index in [2.05, 4.69) is 19.2 Å². The highest BCUT2D eigenvalue weighted by Gasteiger charge is 1.92. The Hall–Kier alpha value is -1.03. The minimum absolute atomic E-state index is 0.565. The molecule has 14 heavy (non-hydrogen) atoms. The van der Waals surface area contributed by atoms with Crippen molar-refractivity contribution in [3.05, 3.63) is 12.3 Å². The van der Waals surface area contributed by atoms with E-state index in [9.17, 15) is 4.79 Å². The normalized spacial score (nSPS) is 11.1. The smallest absolute Gasteiger partial charge is 0.329 e. The number of nitrogens with one attached hydrogen (secondary N) is 1. The van der Waals surface area contributed by atoms with E-state index >= 15 is 0 Å². The molecule has 0 bridgehead atoms. The van der Waals surface area contributed by atoms with Crippen molar-refractivity contribution in [3.8, 4) is 0 Å². The standard InChI is InChI=1S/C10H19NO3/c1-9(2)8-14-7-3-5-11-6-4-10(12)13/h4,6,9,11H,3,5,7-8H2,1-2H3,(H,12,13)/b6-4+. The molecule has 0 aliphatic heterocycles. The summed E-state index contributed by atoms with van der Waals surface area (Å²) in [5, 5.41) is 11.1. The topological polar surface area (TPSA) is 58.6 Å². The van der Waals surface area contributed by atoms with Crippen molar-refractivity contribution >= 4 is 5.97 Å². The number of carboxylic acids is 1. The Labute approximate surface area is 85.0 Å². The van der Waals surface area contributed by atoms with Crippen LogP contribution in [0.5, 0.6) is 0 Å². The maximum Gasteiger partial charge on any atom is 0.329 e. The Morgan fingerprint density at radius 2 is 2.29 bits per heavy atom. The zero-order valence-electron chi connectivity index (χ0n) is 8.82. The first-order valence-electron chi connectivity index (χ1n) is 4.83. The molecule has 0 aliphatic carbocycles. The zero-order valence-corrected chi connectivity index (χ0v) is 8.82. The summed E-state index contributed by atoms with van der Waals surface area (Å²) >= 11 is 0. The van der Waals surface area contributed by atoms with Gasteiger partial charge in [-0.3, -0.25) is 0 Å². The molecule has 0 aromatic carbocycles. The fourth-order valence-electron chi connectivity index (χ4n) is 0.809. The summed E-state index contributed by atoms with van der Waals surface area (Å²) in [5.41, 5.74) is 0. The lowest BCUT2D eigenvalue weighted by Gasteiger charge is -2.06. The number of hydrogen-bond acceptors (Lipinski definition) is 3. The molecule has 0 fully saturated rings. The van der Waals surface area contributed by atoms with Gasteiger partial charge in [0, 0.05) is 32.0 Å². The van der Waals surface area contributed by atoms with Gasteiger partial charge in [0.25, 0.3) is 0 Å². The maximum atomic E-state index is 10.1. The Morgan fingerprint density at radius 3 is 2.86 bits per heavy atom. The lowest BCUT2D eigenvalue weighted by atomic mass is 10.2. The molecule has 0 unspecified atom stereocenters. The van der Waals surface area contributed by atoms with Gasteiger partial charge in [-0.25, -0.2) is 4.79 Å². The average molecular weight is 201 g/mol. The second-order valence-corrected chi connectivity index (χ2v) is 3.45. The number of ether oxygens (including phenoxy) is 1. The van der Waals surface area contributed by atoms with E-state index in [0.717, 1.165) is 25.6 Å². The van der Waals surface area contributed by atoms with Crippen molar-refractivity contribution in [3.63, 3.8) is 0 Å². The van der Waals surface area contributed by atoms with E-state index in [1.165, 1.54) is 6.20 Å². The molecule has 4 heteroatoms. The molecule has 0 aliphatic rings. The van der Waals surface area contributed by atoms with Crippen LogP contribution in [0.15, 0.2) is 12.3 Å². The predicted molar refractivity (Wildman–Crippen MR) is 55.1 cm³/mol. The SMILES string of the molecule is CC(C)COCCCN/C=C/C(=O)O. The largest absolute Gasteiger partial charge is 0.478 e. The Bertz CT molecular complexity index is 178. The highest BCUT2D eigenvalue weighted by molar-refractivity contribution is 5.79. The molecule has 82 valence electrons. The number of aliphatic carboxylic acids is 1. The van der Waals surface area contributed by atoms with E-state index in [4.69, 9.17) is 9.84 Å². The van der Waals surface area contributed by atoms with Gasteiger partial charge >= 0.3 is 5.97 Å². The van der Waals surface area contributed by atoms with E-state index in [1.54, 1.807) is 0 Å². The van der Waals surface area contributed by atoms with E-state index < -0.39 is 5.97 Å². The summed E-state index contributed by atoms with van der Waals surface area (Å²) < 4.78 is 5.34. The monoisotopic (exact) mass is 201 g/mol. The number of carboxylic acid groups (broad SMARTS) is 1. The van der Waals surface area contributed by atoms with Gasteiger partial charge in [-0.05, 0) is 12.3 Å². The van der Waals surface area contributed by atoms with Crippen molar-refractivity contribution in [1.82, 2.24) is 5.32 Å². The molecule has 0 aromatic heterocycles. The van der Waals surface area contributed by atoms with E-state index in [0.29, 0.717) is 12.5 Å². The van der Waals surface area contributed by atoms with Crippen LogP contribution in [0.4, 0.5) is 0 Å². The van der Waals surface area contributed by atoms with Crippen LogP contribution in [0, 0.1) is 5.92 Å². The van der Waals surface area contributed by atoms with Crippen molar-refractivity contribution in [1.29, 1.82) is 0 Å². The second-order valence-electron chi connectivity index (χ2n) is 3.45. The van der Waals surface area contributed by atoms with E-state index in [1.807, 2.05) is 0 Å². The summed E-state index contributed by atoms with van der Waals surface area (Å²) in [6, 6.07) is 0. The van der Waals surface area contributed by atoms with Crippen molar-refractivity contribution in [2.75, 3.05) is 19.8 Å². The third kappa shape index (κ3) is 11.0. The van der Waals surface area contributed by atoms with Gasteiger partial charge in [-0.1, -0.05) is 13.8 Å². The third-order valence-electron chi connectivity index (χ3n) is 1.40. The van der Waals surface area contributed by atoms with Crippen molar-refractivity contribution < 1.29 is 14.6 Å². The van der Waals surface area contributed by atoms with Gasteiger partial charge < -0.3 is 15.2 Å². The molecule has 0 heterocycles. The van der Waals surface area contributed by atoms with Gasteiger partial charge in [0.15, 0.2) is 0 Å². The molecule has 0 rings (SSSR count). The molecular weight excluding hydrogens is 182 g/mol. The first-order valence-corrected chi connectivity index (χ1v) is 4.83. The average Bonchev–Trinajstić information content (AvgIpc) is 2.08. The maximum absolute atomic E-state index is 10.1. The quantitative estimate of drug-likeness (QED) is 0.458. The molecule has 0 spiro atoms.